The molecule has 5 nitrogen and oxygen atoms in total. The van der Waals surface area contributed by atoms with E-state index in [1.165, 1.54) is 50.7 Å². The van der Waals surface area contributed by atoms with Crippen LogP contribution < -0.4 is 9.64 Å². The molecule has 2 aromatic carbocycles. The number of halogens is 1. The predicted molar refractivity (Wildman–Crippen MR) is 162 cm³/mol. The van der Waals surface area contributed by atoms with Crippen molar-refractivity contribution in [3.63, 3.8) is 0 Å². The maximum Gasteiger partial charge on any atom is 0.310 e. The predicted octanol–water partition coefficient (Wildman–Crippen LogP) is 7.78. The Morgan fingerprint density at radius 3 is 2.37 bits per heavy atom. The highest BCUT2D eigenvalue weighted by atomic mass is 19.1. The van der Waals surface area contributed by atoms with E-state index in [1.54, 1.807) is 12.1 Å². The summed E-state index contributed by atoms with van der Waals surface area (Å²) in [5, 5.41) is 0. The lowest BCUT2D eigenvalue weighted by atomic mass is 9.73. The van der Waals surface area contributed by atoms with Gasteiger partial charge in [0.1, 0.15) is 11.6 Å². The van der Waals surface area contributed by atoms with Gasteiger partial charge in [-0.3, -0.25) is 9.78 Å². The van der Waals surface area contributed by atoms with Crippen LogP contribution in [0.5, 0.6) is 5.75 Å². The average molecular weight is 559 g/mol. The molecule has 1 saturated carbocycles. The molecular formula is C35H43FN2O3. The molecule has 0 amide bonds. The van der Waals surface area contributed by atoms with Gasteiger partial charge in [-0.25, -0.2) is 4.39 Å². The molecule has 0 bridgehead atoms. The molecule has 2 aliphatic rings. The number of anilines is 1. The Labute approximate surface area is 244 Å². The van der Waals surface area contributed by atoms with Crippen LogP contribution in [0, 0.1) is 25.1 Å². The maximum atomic E-state index is 13.2. The Balaban J connectivity index is 1.43. The van der Waals surface area contributed by atoms with Crippen LogP contribution in [-0.2, 0) is 22.4 Å². The number of ether oxygens (including phenoxy) is 2. The van der Waals surface area contributed by atoms with E-state index in [4.69, 9.17) is 14.5 Å². The first-order valence-electron chi connectivity index (χ1n) is 15.2. The van der Waals surface area contributed by atoms with Gasteiger partial charge >= 0.3 is 5.97 Å². The van der Waals surface area contributed by atoms with Gasteiger partial charge in [-0.1, -0.05) is 43.5 Å². The zero-order valence-corrected chi connectivity index (χ0v) is 25.0. The molecular weight excluding hydrogens is 515 g/mol. The lowest BCUT2D eigenvalue weighted by molar-refractivity contribution is -0.146. The summed E-state index contributed by atoms with van der Waals surface area (Å²) >= 11 is 0. The molecule has 0 N–H and O–H groups in total. The van der Waals surface area contributed by atoms with E-state index < -0.39 is 0 Å². The zero-order valence-electron chi connectivity index (χ0n) is 25.0. The molecule has 1 aliphatic carbocycles. The summed E-state index contributed by atoms with van der Waals surface area (Å²) in [4.78, 5) is 20.4. The van der Waals surface area contributed by atoms with Gasteiger partial charge < -0.3 is 14.4 Å². The van der Waals surface area contributed by atoms with Crippen LogP contribution in [0.2, 0.25) is 0 Å². The summed E-state index contributed by atoms with van der Waals surface area (Å²) in [7, 11) is 0. The first kappa shape index (κ1) is 29.1. The molecule has 2 heterocycles. The number of nitrogens with zero attached hydrogens (tertiary/aromatic N) is 2. The van der Waals surface area contributed by atoms with Gasteiger partial charge in [-0.15, -0.1) is 0 Å². The van der Waals surface area contributed by atoms with Gasteiger partial charge in [0.05, 0.1) is 24.8 Å². The summed E-state index contributed by atoms with van der Waals surface area (Å²) in [5.41, 5.74) is 7.55. The normalized spacial score (nSPS) is 16.4. The van der Waals surface area contributed by atoms with E-state index >= 15 is 0 Å². The average Bonchev–Trinajstić information content (AvgIpc) is 3.34. The highest BCUT2D eigenvalue weighted by Gasteiger charge is 2.40. The highest BCUT2D eigenvalue weighted by molar-refractivity contribution is 5.87. The molecule has 1 aliphatic heterocycles. The molecule has 218 valence electrons. The monoisotopic (exact) mass is 558 g/mol. The lowest BCUT2D eigenvalue weighted by Crippen LogP contribution is -2.30. The van der Waals surface area contributed by atoms with Gasteiger partial charge in [-0.2, -0.15) is 0 Å². The van der Waals surface area contributed by atoms with E-state index in [1.807, 2.05) is 32.9 Å². The van der Waals surface area contributed by atoms with Crippen molar-refractivity contribution in [3.8, 4) is 16.9 Å². The number of hydrogen-bond donors (Lipinski definition) is 0. The molecule has 2 fully saturated rings. The van der Waals surface area contributed by atoms with E-state index in [0.717, 1.165) is 58.2 Å². The first-order chi connectivity index (χ1) is 19.7. The maximum absolute atomic E-state index is 13.2. The fourth-order valence-electron chi connectivity index (χ4n) is 6.72. The molecule has 0 unspecified atom stereocenters. The number of aryl methyl sites for hydroxylation is 2. The van der Waals surface area contributed by atoms with Crippen molar-refractivity contribution in [2.75, 3.05) is 24.6 Å². The standard InChI is InChI=1S/C35H43FN2O3/c1-24(2)41-32(39)22-31-25(3)37-26(4)33(34(31)38-20-19-35(23-38)17-6-5-7-18-35)28-10-14-30(15-11-28)40-21-16-27-8-12-29(36)13-9-27/h8-15,24H,5-7,16-23H2,1-4H3. The van der Waals surface area contributed by atoms with Crippen molar-refractivity contribution in [1.82, 2.24) is 4.98 Å². The Bertz CT molecular complexity index is 1350. The lowest BCUT2D eigenvalue weighted by Gasteiger charge is -2.34. The smallest absolute Gasteiger partial charge is 0.310 e. The molecule has 6 heteroatoms. The second kappa shape index (κ2) is 12.6. The molecule has 5 rings (SSSR count). The number of esters is 1. The molecule has 0 atom stereocenters. The summed E-state index contributed by atoms with van der Waals surface area (Å²) in [6, 6.07) is 14.7. The third-order valence-corrected chi connectivity index (χ3v) is 8.73. The number of carbonyl (C=O) groups excluding carboxylic acids is 1. The Morgan fingerprint density at radius 1 is 0.976 bits per heavy atom. The molecule has 41 heavy (non-hydrogen) atoms. The first-order valence-corrected chi connectivity index (χ1v) is 15.2. The van der Waals surface area contributed by atoms with Crippen LogP contribution in [-0.4, -0.2) is 36.8 Å². The summed E-state index contributed by atoms with van der Waals surface area (Å²) in [6.45, 7) is 10.4. The third kappa shape index (κ3) is 6.91. The number of rotatable bonds is 9. The topological polar surface area (TPSA) is 51.7 Å². The minimum absolute atomic E-state index is 0.156. The van der Waals surface area contributed by atoms with Crippen LogP contribution in [0.4, 0.5) is 10.1 Å². The molecule has 0 radical (unpaired) electrons. The van der Waals surface area contributed by atoms with E-state index in [0.29, 0.717) is 18.4 Å². The molecule has 1 saturated heterocycles. The molecule has 3 aromatic rings. The Morgan fingerprint density at radius 2 is 1.68 bits per heavy atom. The van der Waals surface area contributed by atoms with Crippen LogP contribution in [0.25, 0.3) is 11.1 Å². The van der Waals surface area contributed by atoms with Crippen molar-refractivity contribution >= 4 is 11.7 Å². The van der Waals surface area contributed by atoms with E-state index in [9.17, 15) is 9.18 Å². The number of pyridine rings is 1. The minimum atomic E-state index is -0.228. The number of aromatic nitrogens is 1. The summed E-state index contributed by atoms with van der Waals surface area (Å²) in [5.74, 6) is 0.351. The van der Waals surface area contributed by atoms with Crippen LogP contribution >= 0.6 is 0 Å². The SMILES string of the molecule is Cc1nc(C)c(-c2ccc(OCCc3ccc(F)cc3)cc2)c(N2CCC3(CCCCC3)C2)c1CC(=O)OC(C)C. The van der Waals surface area contributed by atoms with Gasteiger partial charge in [0.25, 0.3) is 0 Å². The summed E-state index contributed by atoms with van der Waals surface area (Å²) in [6.07, 6.45) is 8.50. The van der Waals surface area contributed by atoms with Crippen LogP contribution in [0.15, 0.2) is 48.5 Å². The van der Waals surface area contributed by atoms with E-state index in [2.05, 4.69) is 24.0 Å². The molecule has 1 aromatic heterocycles. The van der Waals surface area contributed by atoms with Crippen molar-refractivity contribution < 1.29 is 18.7 Å². The van der Waals surface area contributed by atoms with E-state index in [-0.39, 0.29) is 24.3 Å². The van der Waals surface area contributed by atoms with Gasteiger partial charge in [0, 0.05) is 42.0 Å². The number of carbonyl (C=O) groups is 1. The Hall–Kier alpha value is -3.41. The highest BCUT2D eigenvalue weighted by Crippen LogP contribution is 2.48. The number of benzene rings is 2. The minimum Gasteiger partial charge on any atom is -0.493 e. The second-order valence-corrected chi connectivity index (χ2v) is 12.2. The van der Waals surface area contributed by atoms with Crippen molar-refractivity contribution in [1.29, 1.82) is 0 Å². The summed E-state index contributed by atoms with van der Waals surface area (Å²) < 4.78 is 24.8. The number of hydrogen-bond acceptors (Lipinski definition) is 5. The van der Waals surface area contributed by atoms with Crippen LogP contribution in [0.3, 0.4) is 0 Å². The molecule has 1 spiro atoms. The fraction of sp³-hybridized carbons (Fsp3) is 0.486. The Kier molecular flexibility index (Phi) is 8.96. The van der Waals surface area contributed by atoms with Crippen molar-refractivity contribution in [2.24, 2.45) is 5.41 Å². The third-order valence-electron chi connectivity index (χ3n) is 8.73. The van der Waals surface area contributed by atoms with Gasteiger partial charge in [-0.05, 0) is 87.8 Å². The second-order valence-electron chi connectivity index (χ2n) is 12.2. The van der Waals surface area contributed by atoms with Gasteiger partial charge in [0.2, 0.25) is 0 Å². The van der Waals surface area contributed by atoms with Crippen molar-refractivity contribution in [3.05, 3.63) is 76.9 Å². The fourth-order valence-corrected chi connectivity index (χ4v) is 6.72. The van der Waals surface area contributed by atoms with Gasteiger partial charge in [0.15, 0.2) is 0 Å². The van der Waals surface area contributed by atoms with Crippen LogP contribution in [0.1, 0.15) is 74.9 Å². The quantitative estimate of drug-likeness (QED) is 0.251. The zero-order chi connectivity index (χ0) is 29.0. The van der Waals surface area contributed by atoms with Crippen molar-refractivity contribution in [2.45, 2.75) is 85.2 Å². The largest absolute Gasteiger partial charge is 0.493 e.